The lowest BCUT2D eigenvalue weighted by molar-refractivity contribution is 0.326. The zero-order valence-corrected chi connectivity index (χ0v) is 12.0. The van der Waals surface area contributed by atoms with Crippen molar-refractivity contribution in [1.82, 2.24) is 10.1 Å². The summed E-state index contributed by atoms with van der Waals surface area (Å²) < 4.78 is 5.33. The first-order valence-corrected chi connectivity index (χ1v) is 6.67. The molecule has 1 aromatic heterocycles. The van der Waals surface area contributed by atoms with Gasteiger partial charge < -0.3 is 4.52 Å². The molecule has 0 radical (unpaired) electrons. The first kappa shape index (κ1) is 14.7. The van der Waals surface area contributed by atoms with Crippen molar-refractivity contribution in [1.29, 1.82) is 5.26 Å². The third kappa shape index (κ3) is 3.56. The SMILES string of the molecule is CC(CCC#N)c1nc(C(C(C)C)C(C)C)no1. The van der Waals surface area contributed by atoms with Gasteiger partial charge in [0.2, 0.25) is 5.89 Å². The number of nitrogens with zero attached hydrogens (tertiary/aromatic N) is 3. The molecule has 1 aromatic rings. The molecule has 0 bridgehead atoms. The van der Waals surface area contributed by atoms with Crippen LogP contribution in [0.2, 0.25) is 0 Å². The number of nitriles is 1. The third-order valence-corrected chi connectivity index (χ3v) is 3.30. The van der Waals surface area contributed by atoms with Gasteiger partial charge in [0.05, 0.1) is 6.07 Å². The van der Waals surface area contributed by atoms with E-state index in [0.717, 1.165) is 12.2 Å². The topological polar surface area (TPSA) is 62.7 Å². The molecule has 1 atom stereocenters. The van der Waals surface area contributed by atoms with Crippen molar-refractivity contribution < 1.29 is 4.52 Å². The summed E-state index contributed by atoms with van der Waals surface area (Å²) in [5, 5.41) is 12.7. The molecule has 0 saturated heterocycles. The van der Waals surface area contributed by atoms with Crippen LogP contribution in [0.3, 0.4) is 0 Å². The lowest BCUT2D eigenvalue weighted by Gasteiger charge is -2.20. The van der Waals surface area contributed by atoms with E-state index >= 15 is 0 Å². The second-order valence-corrected chi connectivity index (χ2v) is 5.60. The maximum atomic E-state index is 8.58. The molecule has 100 valence electrons. The van der Waals surface area contributed by atoms with Gasteiger partial charge in [0.1, 0.15) is 0 Å². The quantitative estimate of drug-likeness (QED) is 0.767. The second kappa shape index (κ2) is 6.53. The largest absolute Gasteiger partial charge is 0.339 e. The minimum absolute atomic E-state index is 0.158. The van der Waals surface area contributed by atoms with Gasteiger partial charge in [0.25, 0.3) is 0 Å². The zero-order valence-electron chi connectivity index (χ0n) is 12.0. The van der Waals surface area contributed by atoms with E-state index in [1.165, 1.54) is 0 Å². The molecule has 4 nitrogen and oxygen atoms in total. The van der Waals surface area contributed by atoms with Crippen molar-refractivity contribution in [2.75, 3.05) is 0 Å². The van der Waals surface area contributed by atoms with Gasteiger partial charge in [-0.3, -0.25) is 0 Å². The van der Waals surface area contributed by atoms with Crippen LogP contribution in [0.15, 0.2) is 4.52 Å². The summed E-state index contributed by atoms with van der Waals surface area (Å²) in [6, 6.07) is 2.14. The van der Waals surface area contributed by atoms with Crippen molar-refractivity contribution >= 4 is 0 Å². The van der Waals surface area contributed by atoms with Crippen LogP contribution in [0.4, 0.5) is 0 Å². The van der Waals surface area contributed by atoms with Gasteiger partial charge in [-0.2, -0.15) is 10.2 Å². The van der Waals surface area contributed by atoms with Crippen LogP contribution < -0.4 is 0 Å². The Labute approximate surface area is 109 Å². The highest BCUT2D eigenvalue weighted by Gasteiger charge is 2.26. The molecular formula is C14H23N3O. The fourth-order valence-corrected chi connectivity index (χ4v) is 2.35. The van der Waals surface area contributed by atoms with Crippen LogP contribution in [-0.4, -0.2) is 10.1 Å². The van der Waals surface area contributed by atoms with Crippen molar-refractivity contribution in [2.45, 2.75) is 59.3 Å². The first-order valence-electron chi connectivity index (χ1n) is 6.67. The molecule has 0 spiro atoms. The van der Waals surface area contributed by atoms with Crippen molar-refractivity contribution in [3.05, 3.63) is 11.7 Å². The maximum absolute atomic E-state index is 8.58. The minimum atomic E-state index is 0.158. The summed E-state index contributed by atoms with van der Waals surface area (Å²) in [5.41, 5.74) is 0. The normalized spacial score (nSPS) is 13.3. The number of rotatable bonds is 6. The molecule has 1 unspecified atom stereocenters. The van der Waals surface area contributed by atoms with Gasteiger partial charge in [-0.05, 0) is 18.3 Å². The standard InChI is InChI=1S/C14H23N3O/c1-9(2)12(10(3)4)13-16-14(18-17-13)11(5)7-6-8-15/h9-12H,6-7H2,1-5H3. The summed E-state index contributed by atoms with van der Waals surface area (Å²) in [6.07, 6.45) is 1.29. The van der Waals surface area contributed by atoms with Gasteiger partial charge in [0.15, 0.2) is 5.82 Å². The van der Waals surface area contributed by atoms with Gasteiger partial charge in [-0.25, -0.2) is 0 Å². The molecule has 0 fully saturated rings. The van der Waals surface area contributed by atoms with E-state index in [1.807, 2.05) is 6.92 Å². The molecule has 0 saturated carbocycles. The monoisotopic (exact) mass is 249 g/mol. The fourth-order valence-electron chi connectivity index (χ4n) is 2.35. The smallest absolute Gasteiger partial charge is 0.229 e. The summed E-state index contributed by atoms with van der Waals surface area (Å²) in [6.45, 7) is 10.7. The van der Waals surface area contributed by atoms with Crippen molar-refractivity contribution in [2.24, 2.45) is 11.8 Å². The first-order chi connectivity index (χ1) is 8.47. The molecule has 0 aromatic carbocycles. The highest BCUT2D eigenvalue weighted by molar-refractivity contribution is 5.01. The maximum Gasteiger partial charge on any atom is 0.229 e. The van der Waals surface area contributed by atoms with E-state index in [-0.39, 0.29) is 5.92 Å². The molecule has 0 aliphatic heterocycles. The number of hydrogen-bond donors (Lipinski definition) is 0. The Bertz CT molecular complexity index is 395. The molecule has 0 aliphatic rings. The zero-order chi connectivity index (χ0) is 13.7. The van der Waals surface area contributed by atoms with E-state index in [2.05, 4.69) is 43.9 Å². The molecule has 18 heavy (non-hydrogen) atoms. The van der Waals surface area contributed by atoms with Crippen LogP contribution >= 0.6 is 0 Å². The molecular weight excluding hydrogens is 226 g/mol. The van der Waals surface area contributed by atoms with Crippen LogP contribution in [0, 0.1) is 23.2 Å². The highest BCUT2D eigenvalue weighted by atomic mass is 16.5. The lowest BCUT2D eigenvalue weighted by Crippen LogP contribution is -2.15. The lowest BCUT2D eigenvalue weighted by atomic mass is 9.85. The Morgan fingerprint density at radius 3 is 2.28 bits per heavy atom. The highest BCUT2D eigenvalue weighted by Crippen LogP contribution is 2.31. The van der Waals surface area contributed by atoms with Gasteiger partial charge in [0, 0.05) is 18.3 Å². The molecule has 0 aliphatic carbocycles. The van der Waals surface area contributed by atoms with Crippen LogP contribution in [-0.2, 0) is 0 Å². The Morgan fingerprint density at radius 2 is 1.78 bits per heavy atom. The molecule has 1 rings (SSSR count). The average molecular weight is 249 g/mol. The fraction of sp³-hybridized carbons (Fsp3) is 0.786. The van der Waals surface area contributed by atoms with Gasteiger partial charge >= 0.3 is 0 Å². The summed E-state index contributed by atoms with van der Waals surface area (Å²) >= 11 is 0. The Kier molecular flexibility index (Phi) is 5.33. The van der Waals surface area contributed by atoms with Crippen molar-refractivity contribution in [3.63, 3.8) is 0 Å². The number of aromatic nitrogens is 2. The Hall–Kier alpha value is -1.37. The summed E-state index contributed by atoms with van der Waals surface area (Å²) in [4.78, 5) is 4.52. The Morgan fingerprint density at radius 1 is 1.17 bits per heavy atom. The summed E-state index contributed by atoms with van der Waals surface area (Å²) in [7, 11) is 0. The van der Waals surface area contributed by atoms with Crippen LogP contribution in [0.25, 0.3) is 0 Å². The predicted molar refractivity (Wildman–Crippen MR) is 70.0 cm³/mol. The van der Waals surface area contributed by atoms with E-state index < -0.39 is 0 Å². The van der Waals surface area contributed by atoms with Gasteiger partial charge in [-0.15, -0.1) is 0 Å². The minimum Gasteiger partial charge on any atom is -0.339 e. The van der Waals surface area contributed by atoms with E-state index in [4.69, 9.17) is 9.78 Å². The second-order valence-electron chi connectivity index (χ2n) is 5.60. The van der Waals surface area contributed by atoms with Crippen molar-refractivity contribution in [3.8, 4) is 6.07 Å². The Balaban J connectivity index is 2.81. The predicted octanol–water partition coefficient (Wildman–Crippen LogP) is 3.87. The molecule has 4 heteroatoms. The van der Waals surface area contributed by atoms with Gasteiger partial charge in [-0.1, -0.05) is 39.8 Å². The summed E-state index contributed by atoms with van der Waals surface area (Å²) in [5.74, 6) is 2.93. The third-order valence-electron chi connectivity index (χ3n) is 3.30. The molecule has 1 heterocycles. The number of hydrogen-bond acceptors (Lipinski definition) is 4. The van der Waals surface area contributed by atoms with E-state index in [0.29, 0.717) is 30.1 Å². The van der Waals surface area contributed by atoms with E-state index in [9.17, 15) is 0 Å². The van der Waals surface area contributed by atoms with Crippen LogP contribution in [0.5, 0.6) is 0 Å². The molecule has 0 amide bonds. The van der Waals surface area contributed by atoms with Crippen LogP contribution in [0.1, 0.15) is 71.0 Å². The average Bonchev–Trinajstić information content (AvgIpc) is 2.74. The molecule has 0 N–H and O–H groups in total. The van der Waals surface area contributed by atoms with E-state index in [1.54, 1.807) is 0 Å².